The molecule has 0 unspecified atom stereocenters. The summed E-state index contributed by atoms with van der Waals surface area (Å²) in [6, 6.07) is 12.8. The monoisotopic (exact) mass is 444 g/mol. The first-order chi connectivity index (χ1) is 16.1. The molecule has 0 radical (unpaired) electrons. The first kappa shape index (κ1) is 22.0. The van der Waals surface area contributed by atoms with Crippen molar-refractivity contribution in [3.8, 4) is 5.75 Å². The van der Waals surface area contributed by atoms with Crippen LogP contribution in [0.1, 0.15) is 21.5 Å². The number of rotatable bonds is 8. The maximum absolute atomic E-state index is 12.5. The second kappa shape index (κ2) is 9.92. The summed E-state index contributed by atoms with van der Waals surface area (Å²) in [5.41, 5.74) is 9.98. The standard InChI is InChI=1S/C24H24N6O3/c1-32-13-17-9-18-21(10-22(17)33-2)28-14-29-23(18)27-11-15-3-5-16(6-4-15)24(31)30-20-7-8-26-12-19(20)25/h3-10,12,14H,11,13,25H2,1-2H3,(H,26,30,31)(H,27,28,29). The van der Waals surface area contributed by atoms with Gasteiger partial charge in [-0.3, -0.25) is 9.78 Å². The number of hydrogen-bond donors (Lipinski definition) is 3. The fourth-order valence-corrected chi connectivity index (χ4v) is 3.40. The molecule has 0 saturated heterocycles. The summed E-state index contributed by atoms with van der Waals surface area (Å²) >= 11 is 0. The van der Waals surface area contributed by atoms with Crippen molar-refractivity contribution in [3.63, 3.8) is 0 Å². The summed E-state index contributed by atoms with van der Waals surface area (Å²) in [5.74, 6) is 1.18. The molecule has 0 bridgehead atoms. The Labute approximate surface area is 191 Å². The van der Waals surface area contributed by atoms with E-state index in [9.17, 15) is 4.79 Å². The van der Waals surface area contributed by atoms with Crippen LogP contribution in [0.2, 0.25) is 0 Å². The molecule has 9 nitrogen and oxygen atoms in total. The zero-order valence-corrected chi connectivity index (χ0v) is 18.3. The van der Waals surface area contributed by atoms with Gasteiger partial charge in [-0.2, -0.15) is 0 Å². The molecular formula is C24H24N6O3. The Morgan fingerprint density at radius 2 is 1.91 bits per heavy atom. The Balaban J connectivity index is 1.47. The lowest BCUT2D eigenvalue weighted by Gasteiger charge is -2.13. The van der Waals surface area contributed by atoms with Gasteiger partial charge in [0.1, 0.15) is 17.9 Å². The molecule has 33 heavy (non-hydrogen) atoms. The van der Waals surface area contributed by atoms with Crippen LogP contribution < -0.4 is 21.1 Å². The number of fused-ring (bicyclic) bond motifs is 1. The molecule has 0 fully saturated rings. The second-order valence-electron chi connectivity index (χ2n) is 7.30. The average Bonchev–Trinajstić information content (AvgIpc) is 2.84. The number of carbonyl (C=O) groups excluding carboxylic acids is 1. The zero-order valence-electron chi connectivity index (χ0n) is 18.3. The number of carbonyl (C=O) groups is 1. The van der Waals surface area contributed by atoms with E-state index >= 15 is 0 Å². The Hall–Kier alpha value is -4.24. The third kappa shape index (κ3) is 4.99. The lowest BCUT2D eigenvalue weighted by molar-refractivity contribution is 0.102. The number of methoxy groups -OCH3 is 2. The predicted octanol–water partition coefficient (Wildman–Crippen LogP) is 3.63. The summed E-state index contributed by atoms with van der Waals surface area (Å²) < 4.78 is 10.7. The first-order valence-electron chi connectivity index (χ1n) is 10.2. The van der Waals surface area contributed by atoms with Crippen LogP contribution in [0.4, 0.5) is 17.2 Å². The van der Waals surface area contributed by atoms with Crippen LogP contribution in [-0.4, -0.2) is 35.1 Å². The van der Waals surface area contributed by atoms with Gasteiger partial charge in [0.15, 0.2) is 0 Å². The van der Waals surface area contributed by atoms with Crippen molar-refractivity contribution in [2.24, 2.45) is 0 Å². The van der Waals surface area contributed by atoms with E-state index in [1.54, 1.807) is 38.6 Å². The van der Waals surface area contributed by atoms with Gasteiger partial charge in [0.05, 0.1) is 36.8 Å². The molecule has 4 rings (SSSR count). The van der Waals surface area contributed by atoms with Gasteiger partial charge >= 0.3 is 0 Å². The molecule has 0 aliphatic carbocycles. The van der Waals surface area contributed by atoms with Gasteiger partial charge in [-0.25, -0.2) is 9.97 Å². The first-order valence-corrected chi connectivity index (χ1v) is 10.2. The van der Waals surface area contributed by atoms with E-state index in [4.69, 9.17) is 15.2 Å². The molecule has 0 atom stereocenters. The highest BCUT2D eigenvalue weighted by Crippen LogP contribution is 2.29. The van der Waals surface area contributed by atoms with Crippen molar-refractivity contribution in [2.75, 3.05) is 30.6 Å². The van der Waals surface area contributed by atoms with Crippen LogP contribution in [0.25, 0.3) is 10.9 Å². The number of hydrogen-bond acceptors (Lipinski definition) is 8. The normalized spacial score (nSPS) is 10.7. The van der Waals surface area contributed by atoms with Crippen molar-refractivity contribution in [3.05, 3.63) is 77.9 Å². The van der Waals surface area contributed by atoms with E-state index in [-0.39, 0.29) is 5.91 Å². The largest absolute Gasteiger partial charge is 0.496 e. The van der Waals surface area contributed by atoms with Gasteiger partial charge in [-0.1, -0.05) is 12.1 Å². The Kier molecular flexibility index (Phi) is 6.61. The van der Waals surface area contributed by atoms with Crippen LogP contribution in [-0.2, 0) is 17.9 Å². The second-order valence-corrected chi connectivity index (χ2v) is 7.30. The number of anilines is 3. The van der Waals surface area contributed by atoms with Crippen LogP contribution in [0, 0.1) is 0 Å². The summed E-state index contributed by atoms with van der Waals surface area (Å²) in [4.78, 5) is 25.2. The molecule has 4 aromatic rings. The van der Waals surface area contributed by atoms with Crippen molar-refractivity contribution in [2.45, 2.75) is 13.2 Å². The number of amides is 1. The highest BCUT2D eigenvalue weighted by molar-refractivity contribution is 6.05. The Bertz CT molecular complexity index is 1280. The predicted molar refractivity (Wildman–Crippen MR) is 127 cm³/mol. The molecule has 2 aromatic heterocycles. The molecular weight excluding hydrogens is 420 g/mol. The number of aromatic nitrogens is 3. The summed E-state index contributed by atoms with van der Waals surface area (Å²) in [6.45, 7) is 0.944. The number of nitrogen functional groups attached to an aromatic ring is 1. The van der Waals surface area contributed by atoms with E-state index in [2.05, 4.69) is 25.6 Å². The molecule has 9 heteroatoms. The number of nitrogens with zero attached hydrogens (tertiary/aromatic N) is 3. The molecule has 4 N–H and O–H groups in total. The smallest absolute Gasteiger partial charge is 0.255 e. The van der Waals surface area contributed by atoms with Crippen molar-refractivity contribution in [1.82, 2.24) is 15.0 Å². The number of nitrogens with two attached hydrogens (primary N) is 1. The summed E-state index contributed by atoms with van der Waals surface area (Å²) in [7, 11) is 3.26. The number of ether oxygens (including phenoxy) is 2. The molecule has 1 amide bonds. The lowest BCUT2D eigenvalue weighted by atomic mass is 10.1. The average molecular weight is 444 g/mol. The fourth-order valence-electron chi connectivity index (χ4n) is 3.40. The molecule has 0 spiro atoms. The third-order valence-electron chi connectivity index (χ3n) is 5.11. The summed E-state index contributed by atoms with van der Waals surface area (Å²) in [5, 5.41) is 7.01. The van der Waals surface area contributed by atoms with Crippen LogP contribution in [0.5, 0.6) is 5.75 Å². The highest BCUT2D eigenvalue weighted by atomic mass is 16.5. The molecule has 0 aliphatic rings. The van der Waals surface area contributed by atoms with Crippen molar-refractivity contribution < 1.29 is 14.3 Å². The topological polar surface area (TPSA) is 124 Å². The molecule has 168 valence electrons. The van der Waals surface area contributed by atoms with E-state index < -0.39 is 0 Å². The summed E-state index contributed by atoms with van der Waals surface area (Å²) in [6.07, 6.45) is 4.58. The number of nitrogens with one attached hydrogen (secondary N) is 2. The van der Waals surface area contributed by atoms with Gasteiger partial charge < -0.3 is 25.8 Å². The highest BCUT2D eigenvalue weighted by Gasteiger charge is 2.11. The number of benzene rings is 2. The van der Waals surface area contributed by atoms with Gasteiger partial charge in [0, 0.05) is 42.4 Å². The van der Waals surface area contributed by atoms with E-state index in [0.717, 1.165) is 27.8 Å². The SMILES string of the molecule is COCc1cc2c(NCc3ccc(C(=O)Nc4ccncc4N)cc3)ncnc2cc1OC. The fraction of sp³-hybridized carbons (Fsp3) is 0.167. The van der Waals surface area contributed by atoms with Gasteiger partial charge in [0.2, 0.25) is 0 Å². The number of pyridine rings is 1. The maximum atomic E-state index is 12.5. The quantitative estimate of drug-likeness (QED) is 0.376. The maximum Gasteiger partial charge on any atom is 0.255 e. The minimum Gasteiger partial charge on any atom is -0.496 e. The zero-order chi connectivity index (χ0) is 23.2. The van der Waals surface area contributed by atoms with Crippen molar-refractivity contribution in [1.29, 1.82) is 0 Å². The minimum absolute atomic E-state index is 0.242. The Morgan fingerprint density at radius 3 is 2.64 bits per heavy atom. The van der Waals surface area contributed by atoms with Crippen LogP contribution >= 0.6 is 0 Å². The minimum atomic E-state index is -0.242. The van der Waals surface area contributed by atoms with Gasteiger partial charge in [0.25, 0.3) is 5.91 Å². The van der Waals surface area contributed by atoms with Gasteiger partial charge in [-0.15, -0.1) is 0 Å². The third-order valence-corrected chi connectivity index (χ3v) is 5.11. The molecule has 2 heterocycles. The molecule has 2 aromatic carbocycles. The van der Waals surface area contributed by atoms with E-state index in [0.29, 0.717) is 35.9 Å². The lowest BCUT2D eigenvalue weighted by Crippen LogP contribution is -2.13. The van der Waals surface area contributed by atoms with E-state index in [1.165, 1.54) is 12.5 Å². The molecule has 0 aliphatic heterocycles. The Morgan fingerprint density at radius 1 is 1.09 bits per heavy atom. The molecule has 0 saturated carbocycles. The van der Waals surface area contributed by atoms with Crippen molar-refractivity contribution >= 4 is 34.0 Å². The van der Waals surface area contributed by atoms with E-state index in [1.807, 2.05) is 24.3 Å². The van der Waals surface area contributed by atoms with Crippen LogP contribution in [0.3, 0.4) is 0 Å². The van der Waals surface area contributed by atoms with Gasteiger partial charge in [-0.05, 0) is 29.8 Å². The van der Waals surface area contributed by atoms with Crippen LogP contribution in [0.15, 0.2) is 61.2 Å².